The van der Waals surface area contributed by atoms with Gasteiger partial charge in [-0.05, 0) is 119 Å². The predicted molar refractivity (Wildman–Crippen MR) is 200 cm³/mol. The van der Waals surface area contributed by atoms with Crippen LogP contribution in [0.5, 0.6) is 11.5 Å². The molecule has 0 saturated carbocycles. The number of carboxylic acid groups (broad SMARTS) is 2. The number of hydrogen-bond donors (Lipinski definition) is 5. The number of anilines is 3. The van der Waals surface area contributed by atoms with Gasteiger partial charge in [-0.15, -0.1) is 0 Å². The number of benzene rings is 4. The van der Waals surface area contributed by atoms with Crippen molar-refractivity contribution in [1.82, 2.24) is 0 Å². The number of nitrogens with one attached hydrogen (secondary N) is 3. The van der Waals surface area contributed by atoms with Crippen LogP contribution >= 0.6 is 0 Å². The maximum absolute atomic E-state index is 13.5. The first kappa shape index (κ1) is 40.7. The highest BCUT2D eigenvalue weighted by atomic mass is 16.7. The molecule has 0 atom stereocenters. The van der Waals surface area contributed by atoms with E-state index in [-0.39, 0.29) is 40.2 Å². The summed E-state index contributed by atoms with van der Waals surface area (Å²) in [6.07, 6.45) is 0. The van der Waals surface area contributed by atoms with Gasteiger partial charge in [-0.2, -0.15) is 0 Å². The van der Waals surface area contributed by atoms with Gasteiger partial charge in [0.2, 0.25) is 5.79 Å². The molecule has 0 aromatic heterocycles. The molecule has 55 heavy (non-hydrogen) atoms. The van der Waals surface area contributed by atoms with E-state index in [0.717, 1.165) is 0 Å². The molecule has 5 N–H and O–H groups in total. The van der Waals surface area contributed by atoms with Crippen LogP contribution in [-0.4, -0.2) is 63.5 Å². The fourth-order valence-corrected chi connectivity index (χ4v) is 4.77. The molecule has 0 radical (unpaired) electrons. The second-order valence-electron chi connectivity index (χ2n) is 13.7. The van der Waals surface area contributed by atoms with E-state index in [9.17, 15) is 43.8 Å². The third-order valence-electron chi connectivity index (χ3n) is 8.03. The van der Waals surface area contributed by atoms with Gasteiger partial charge in [0, 0.05) is 53.2 Å². The van der Waals surface area contributed by atoms with E-state index in [1.807, 2.05) is 0 Å². The molecule has 15 nitrogen and oxygen atoms in total. The molecule has 0 aliphatic carbocycles. The number of amides is 3. The minimum absolute atomic E-state index is 0.0601. The smallest absolute Gasteiger partial charge is 0.347 e. The monoisotopic (exact) mass is 753 g/mol. The average molecular weight is 754 g/mol. The summed E-state index contributed by atoms with van der Waals surface area (Å²) >= 11 is 0. The van der Waals surface area contributed by atoms with Crippen LogP contribution < -0.4 is 25.4 Å². The molecule has 4 aromatic rings. The first-order valence-corrected chi connectivity index (χ1v) is 16.6. The summed E-state index contributed by atoms with van der Waals surface area (Å²) < 4.78 is 16.0. The van der Waals surface area contributed by atoms with Gasteiger partial charge < -0.3 is 40.4 Å². The van der Waals surface area contributed by atoms with Crippen molar-refractivity contribution in [2.24, 2.45) is 5.41 Å². The van der Waals surface area contributed by atoms with Crippen LogP contribution in [0.4, 0.5) is 17.1 Å². The zero-order valence-electron chi connectivity index (χ0n) is 30.7. The molecule has 4 rings (SSSR count). The van der Waals surface area contributed by atoms with Crippen LogP contribution in [0.2, 0.25) is 0 Å². The lowest BCUT2D eigenvalue weighted by atomic mass is 9.84. The normalized spacial score (nSPS) is 11.4. The molecule has 286 valence electrons. The Balaban J connectivity index is 1.60. The first-order chi connectivity index (χ1) is 25.7. The van der Waals surface area contributed by atoms with Gasteiger partial charge in [-0.3, -0.25) is 28.8 Å². The van der Waals surface area contributed by atoms with Gasteiger partial charge in [-0.25, -0.2) is 4.79 Å². The molecular weight excluding hydrogens is 714 g/mol. The average Bonchev–Trinajstić information content (AvgIpc) is 3.12. The molecule has 0 fully saturated rings. The predicted octanol–water partition coefficient (Wildman–Crippen LogP) is 6.27. The molecule has 0 spiro atoms. The van der Waals surface area contributed by atoms with Crippen molar-refractivity contribution in [3.05, 3.63) is 113 Å². The van der Waals surface area contributed by atoms with Crippen molar-refractivity contribution in [3.8, 4) is 11.5 Å². The highest BCUT2D eigenvalue weighted by Crippen LogP contribution is 2.26. The summed E-state index contributed by atoms with van der Waals surface area (Å²) in [5, 5.41) is 26.8. The Morgan fingerprint density at radius 2 is 0.891 bits per heavy atom. The Hall–Kier alpha value is -7.03. The molecule has 0 aliphatic heterocycles. The zero-order chi connectivity index (χ0) is 40.7. The largest absolute Gasteiger partial charge is 0.481 e. The van der Waals surface area contributed by atoms with E-state index in [0.29, 0.717) is 17.1 Å². The highest BCUT2D eigenvalue weighted by Gasteiger charge is 2.36. The minimum Gasteiger partial charge on any atom is -0.481 e. The summed E-state index contributed by atoms with van der Waals surface area (Å²) in [4.78, 5) is 87.0. The fourth-order valence-electron chi connectivity index (χ4n) is 4.77. The van der Waals surface area contributed by atoms with Crippen molar-refractivity contribution >= 4 is 59.0 Å². The van der Waals surface area contributed by atoms with Gasteiger partial charge in [0.25, 0.3) is 24.2 Å². The van der Waals surface area contributed by atoms with E-state index in [1.54, 1.807) is 13.8 Å². The van der Waals surface area contributed by atoms with Crippen molar-refractivity contribution in [2.75, 3.05) is 16.0 Å². The summed E-state index contributed by atoms with van der Waals surface area (Å²) in [5.41, 5.74) is -2.38. The molecule has 3 amide bonds. The zero-order valence-corrected chi connectivity index (χ0v) is 30.7. The third kappa shape index (κ3) is 10.5. The lowest BCUT2D eigenvalue weighted by Crippen LogP contribution is -2.37. The molecule has 4 aromatic carbocycles. The van der Waals surface area contributed by atoms with E-state index < -0.39 is 52.2 Å². The summed E-state index contributed by atoms with van der Waals surface area (Å²) in [5.74, 6) is -5.82. The van der Waals surface area contributed by atoms with Gasteiger partial charge in [0.1, 0.15) is 16.9 Å². The van der Waals surface area contributed by atoms with Crippen LogP contribution in [0.25, 0.3) is 0 Å². The fraction of sp³-hybridized carbons (Fsp3) is 0.225. The summed E-state index contributed by atoms with van der Waals surface area (Å²) in [6.45, 7) is 8.69. The summed E-state index contributed by atoms with van der Waals surface area (Å²) in [6, 6.07) is 21.5. The van der Waals surface area contributed by atoms with E-state index in [4.69, 9.17) is 14.2 Å². The number of carboxylic acids is 2. The standard InChI is InChI=1S/C40H39N3O12/c1-38(2,36(49)50)32(45)23-7-9-27(10-8-23)41-33(46)24-19-25(34(47)42-28-11-15-30(16-12-28)54-39(3,4)37(51)52)21-26(20-24)35(48)43-29-13-17-31(18-14-29)55-40(5,6)53-22-44/h7-22H,1-6H3,(H,41,46)(H,42,47)(H,43,48)(H,49,50)(H,51,52). The minimum atomic E-state index is -1.67. The molecule has 15 heteroatoms. The highest BCUT2D eigenvalue weighted by molar-refractivity contribution is 6.14. The van der Waals surface area contributed by atoms with Gasteiger partial charge in [0.05, 0.1) is 0 Å². The number of ketones is 1. The Bertz CT molecular complexity index is 2120. The number of Topliss-reactive ketones (excluding diaryl/α,β-unsaturated/α-hetero) is 1. The Morgan fingerprint density at radius 3 is 1.24 bits per heavy atom. The van der Waals surface area contributed by atoms with Crippen LogP contribution in [0.3, 0.4) is 0 Å². The van der Waals surface area contributed by atoms with Crippen molar-refractivity contribution in [3.63, 3.8) is 0 Å². The maximum Gasteiger partial charge on any atom is 0.347 e. The Kier molecular flexibility index (Phi) is 12.1. The molecular formula is C40H39N3O12. The van der Waals surface area contributed by atoms with Crippen LogP contribution in [0.15, 0.2) is 91.0 Å². The van der Waals surface area contributed by atoms with Gasteiger partial charge in [-0.1, -0.05) is 0 Å². The van der Waals surface area contributed by atoms with E-state index in [1.165, 1.54) is 119 Å². The van der Waals surface area contributed by atoms with Crippen LogP contribution in [0, 0.1) is 5.41 Å². The molecule has 0 unspecified atom stereocenters. The molecule has 0 aliphatic rings. The Labute approximate surface area is 315 Å². The number of ether oxygens (including phenoxy) is 3. The van der Waals surface area contributed by atoms with Crippen LogP contribution in [0.1, 0.15) is 83.0 Å². The lowest BCUT2D eigenvalue weighted by Gasteiger charge is -2.24. The molecule has 0 bridgehead atoms. The number of aliphatic carboxylic acids is 2. The Morgan fingerprint density at radius 1 is 0.527 bits per heavy atom. The van der Waals surface area contributed by atoms with Gasteiger partial charge in [0.15, 0.2) is 11.4 Å². The second-order valence-corrected chi connectivity index (χ2v) is 13.7. The molecule has 0 heterocycles. The quantitative estimate of drug-likeness (QED) is 0.0370. The number of rotatable bonds is 16. The maximum atomic E-state index is 13.5. The third-order valence-corrected chi connectivity index (χ3v) is 8.03. The van der Waals surface area contributed by atoms with Gasteiger partial charge >= 0.3 is 11.9 Å². The van der Waals surface area contributed by atoms with E-state index in [2.05, 4.69) is 16.0 Å². The van der Waals surface area contributed by atoms with Crippen molar-refractivity contribution < 1.29 is 58.0 Å². The number of carbonyl (C=O) groups is 7. The lowest BCUT2D eigenvalue weighted by molar-refractivity contribution is -0.170. The SMILES string of the molecule is CC(C)(OC=O)Oc1ccc(NC(=O)c2cc(C(=O)Nc3ccc(OC(C)(C)C(=O)O)cc3)cc(C(=O)Nc3ccc(C(=O)C(C)(C)C(=O)O)cc3)c2)cc1. The van der Waals surface area contributed by atoms with Crippen molar-refractivity contribution in [2.45, 2.75) is 52.9 Å². The topological polar surface area (TPSA) is 224 Å². The van der Waals surface area contributed by atoms with E-state index >= 15 is 0 Å². The summed E-state index contributed by atoms with van der Waals surface area (Å²) in [7, 11) is 0. The van der Waals surface area contributed by atoms with Crippen molar-refractivity contribution in [1.29, 1.82) is 0 Å². The second kappa shape index (κ2) is 16.3. The first-order valence-electron chi connectivity index (χ1n) is 16.6. The molecule has 0 saturated heterocycles. The van der Waals surface area contributed by atoms with Crippen LogP contribution in [-0.2, 0) is 19.1 Å². The number of hydrogen-bond acceptors (Lipinski definition) is 10. The number of carbonyl (C=O) groups excluding carboxylic acids is 5.